The summed E-state index contributed by atoms with van der Waals surface area (Å²) < 4.78 is 34.7. The van der Waals surface area contributed by atoms with Gasteiger partial charge in [0.25, 0.3) is 0 Å². The fourth-order valence-electron chi connectivity index (χ4n) is 4.22. The van der Waals surface area contributed by atoms with E-state index in [1.165, 1.54) is 0 Å². The Kier molecular flexibility index (Phi) is 6.74. The molecule has 2 N–H and O–H groups in total. The summed E-state index contributed by atoms with van der Waals surface area (Å²) in [5, 5.41) is 9.56. The van der Waals surface area contributed by atoms with E-state index < -0.39 is 28.6 Å². The van der Waals surface area contributed by atoms with E-state index in [-0.39, 0.29) is 4.90 Å². The molecule has 0 aliphatic heterocycles. The van der Waals surface area contributed by atoms with Gasteiger partial charge >= 0.3 is 5.97 Å². The highest BCUT2D eigenvalue weighted by atomic mass is 35.5. The van der Waals surface area contributed by atoms with Crippen LogP contribution < -0.4 is 9.46 Å². The molecule has 0 aromatic heterocycles. The van der Waals surface area contributed by atoms with E-state index in [1.807, 2.05) is 25.1 Å². The van der Waals surface area contributed by atoms with Crippen molar-refractivity contribution in [3.8, 4) is 16.9 Å². The summed E-state index contributed by atoms with van der Waals surface area (Å²) in [6.07, 6.45) is 2.12. The first-order valence-corrected chi connectivity index (χ1v) is 12.5. The zero-order valence-electron chi connectivity index (χ0n) is 18.0. The van der Waals surface area contributed by atoms with Gasteiger partial charge in [-0.25, -0.2) is 17.9 Å². The smallest absolute Gasteiger partial charge is 0.341 e. The van der Waals surface area contributed by atoms with Gasteiger partial charge in [-0.2, -0.15) is 0 Å². The number of aliphatic carboxylic acids is 1. The molecule has 3 aromatic rings. The van der Waals surface area contributed by atoms with Gasteiger partial charge in [-0.15, -0.1) is 0 Å². The predicted molar refractivity (Wildman–Crippen MR) is 127 cm³/mol. The van der Waals surface area contributed by atoms with Crippen molar-refractivity contribution in [1.82, 2.24) is 4.72 Å². The molecule has 1 aliphatic carbocycles. The van der Waals surface area contributed by atoms with Crippen LogP contribution in [0.25, 0.3) is 11.1 Å². The molecule has 0 saturated carbocycles. The van der Waals surface area contributed by atoms with Gasteiger partial charge in [-0.1, -0.05) is 41.9 Å². The Morgan fingerprint density at radius 1 is 1.15 bits per heavy atom. The summed E-state index contributed by atoms with van der Waals surface area (Å²) in [4.78, 5) is 11.1. The molecule has 33 heavy (non-hydrogen) atoms. The summed E-state index contributed by atoms with van der Waals surface area (Å²) in [6.45, 7) is 1.44. The standard InChI is InChI=1S/C25H24ClNO5S/c1-16-14-19(12-13-20(16)17-8-10-18(26)11-9-17)33(30,31)27-23-6-2-5-22-21(23)4-3-7-24(22)32-15-25(28)29/h3-4,7-14,23,27H,2,5-6,15H2,1H3,(H,28,29). The van der Waals surface area contributed by atoms with Crippen LogP contribution in [-0.2, 0) is 21.2 Å². The van der Waals surface area contributed by atoms with Crippen molar-refractivity contribution in [2.45, 2.75) is 37.1 Å². The van der Waals surface area contributed by atoms with Crippen molar-refractivity contribution in [2.75, 3.05) is 6.61 Å². The highest BCUT2D eigenvalue weighted by Crippen LogP contribution is 2.36. The normalized spacial score (nSPS) is 15.6. The van der Waals surface area contributed by atoms with E-state index in [1.54, 1.807) is 42.5 Å². The Labute approximate surface area is 198 Å². The molecule has 1 unspecified atom stereocenters. The van der Waals surface area contributed by atoms with Crippen molar-refractivity contribution >= 4 is 27.6 Å². The van der Waals surface area contributed by atoms with Gasteiger partial charge in [0, 0.05) is 11.1 Å². The maximum absolute atomic E-state index is 13.2. The van der Waals surface area contributed by atoms with E-state index in [4.69, 9.17) is 21.4 Å². The van der Waals surface area contributed by atoms with Crippen LogP contribution in [0.3, 0.4) is 0 Å². The maximum atomic E-state index is 13.2. The van der Waals surface area contributed by atoms with Gasteiger partial charge in [0.05, 0.1) is 4.90 Å². The molecule has 0 spiro atoms. The minimum atomic E-state index is -3.78. The molecule has 172 valence electrons. The highest BCUT2D eigenvalue weighted by molar-refractivity contribution is 7.89. The molecular weight excluding hydrogens is 462 g/mol. The largest absolute Gasteiger partial charge is 0.482 e. The van der Waals surface area contributed by atoms with Crippen molar-refractivity contribution in [1.29, 1.82) is 0 Å². The summed E-state index contributed by atoms with van der Waals surface area (Å²) in [6, 6.07) is 17.4. The number of carboxylic acid groups (broad SMARTS) is 1. The molecular formula is C25H24ClNO5S. The monoisotopic (exact) mass is 485 g/mol. The summed E-state index contributed by atoms with van der Waals surface area (Å²) in [5.74, 6) is -0.569. The second-order valence-corrected chi connectivity index (χ2v) is 10.2. The van der Waals surface area contributed by atoms with Crippen LogP contribution in [0.2, 0.25) is 5.02 Å². The minimum absolute atomic E-state index is 0.197. The van der Waals surface area contributed by atoms with Gasteiger partial charge < -0.3 is 9.84 Å². The Morgan fingerprint density at radius 2 is 1.91 bits per heavy atom. The number of hydrogen-bond acceptors (Lipinski definition) is 4. The number of nitrogens with one attached hydrogen (secondary N) is 1. The van der Waals surface area contributed by atoms with E-state index in [9.17, 15) is 13.2 Å². The van der Waals surface area contributed by atoms with Crippen LogP contribution in [0.15, 0.2) is 65.6 Å². The molecule has 0 radical (unpaired) electrons. The number of benzene rings is 3. The number of rotatable bonds is 7. The second-order valence-electron chi connectivity index (χ2n) is 8.06. The Balaban J connectivity index is 1.59. The van der Waals surface area contributed by atoms with Crippen molar-refractivity contribution < 1.29 is 23.1 Å². The average molecular weight is 486 g/mol. The van der Waals surface area contributed by atoms with Gasteiger partial charge in [-0.05, 0) is 84.3 Å². The number of carbonyl (C=O) groups is 1. The summed E-state index contributed by atoms with van der Waals surface area (Å²) in [7, 11) is -3.78. The highest BCUT2D eigenvalue weighted by Gasteiger charge is 2.28. The van der Waals surface area contributed by atoms with Crippen molar-refractivity contribution in [3.05, 3.63) is 82.4 Å². The van der Waals surface area contributed by atoms with Crippen LogP contribution in [-0.4, -0.2) is 26.1 Å². The number of sulfonamides is 1. The summed E-state index contributed by atoms with van der Waals surface area (Å²) >= 11 is 5.97. The summed E-state index contributed by atoms with van der Waals surface area (Å²) in [5.41, 5.74) is 4.42. The minimum Gasteiger partial charge on any atom is -0.482 e. The molecule has 4 rings (SSSR count). The Morgan fingerprint density at radius 3 is 2.61 bits per heavy atom. The van der Waals surface area contributed by atoms with Crippen LogP contribution in [0.5, 0.6) is 5.75 Å². The molecule has 6 nitrogen and oxygen atoms in total. The lowest BCUT2D eigenvalue weighted by molar-refractivity contribution is -0.139. The Hall–Kier alpha value is -2.87. The third-order valence-electron chi connectivity index (χ3n) is 5.78. The lowest BCUT2D eigenvalue weighted by atomic mass is 9.87. The van der Waals surface area contributed by atoms with Crippen LogP contribution in [0.1, 0.15) is 35.6 Å². The molecule has 0 saturated heterocycles. The maximum Gasteiger partial charge on any atom is 0.341 e. The molecule has 0 bridgehead atoms. The van der Waals surface area contributed by atoms with Gasteiger partial charge in [0.2, 0.25) is 10.0 Å². The van der Waals surface area contributed by atoms with E-state index in [0.29, 0.717) is 23.6 Å². The lowest BCUT2D eigenvalue weighted by Gasteiger charge is -2.27. The first-order chi connectivity index (χ1) is 15.7. The Bertz CT molecular complexity index is 1290. The van der Waals surface area contributed by atoms with Crippen molar-refractivity contribution in [3.63, 3.8) is 0 Å². The SMILES string of the molecule is Cc1cc(S(=O)(=O)NC2CCCc3c(OCC(=O)O)cccc32)ccc1-c1ccc(Cl)cc1. The van der Waals surface area contributed by atoms with E-state index in [2.05, 4.69) is 4.72 Å². The van der Waals surface area contributed by atoms with Crippen molar-refractivity contribution in [2.24, 2.45) is 0 Å². The second kappa shape index (κ2) is 9.55. The number of hydrogen-bond donors (Lipinski definition) is 2. The first-order valence-electron chi connectivity index (χ1n) is 10.6. The number of carboxylic acids is 1. The number of aryl methyl sites for hydroxylation is 1. The molecule has 1 aliphatic rings. The third kappa shape index (κ3) is 5.21. The molecule has 0 fully saturated rings. The fraction of sp³-hybridized carbons (Fsp3) is 0.240. The van der Waals surface area contributed by atoms with Crippen LogP contribution >= 0.6 is 11.6 Å². The predicted octanol–water partition coefficient (Wildman–Crippen LogP) is 5.13. The molecule has 0 amide bonds. The molecule has 3 aromatic carbocycles. The third-order valence-corrected chi connectivity index (χ3v) is 7.50. The number of halogens is 1. The number of fused-ring (bicyclic) bond motifs is 1. The zero-order valence-corrected chi connectivity index (χ0v) is 19.6. The molecule has 1 atom stereocenters. The van der Waals surface area contributed by atoms with Gasteiger partial charge in [0.1, 0.15) is 5.75 Å². The molecule has 8 heteroatoms. The lowest BCUT2D eigenvalue weighted by Crippen LogP contribution is -2.31. The van der Waals surface area contributed by atoms with Gasteiger partial charge in [0.15, 0.2) is 6.61 Å². The van der Waals surface area contributed by atoms with E-state index >= 15 is 0 Å². The quantitative estimate of drug-likeness (QED) is 0.483. The molecule has 0 heterocycles. The first kappa shape index (κ1) is 23.3. The van der Waals surface area contributed by atoms with E-state index in [0.717, 1.165) is 34.2 Å². The van der Waals surface area contributed by atoms with Crippen LogP contribution in [0.4, 0.5) is 0 Å². The fourth-order valence-corrected chi connectivity index (χ4v) is 5.68. The van der Waals surface area contributed by atoms with Gasteiger partial charge in [-0.3, -0.25) is 0 Å². The van der Waals surface area contributed by atoms with Crippen LogP contribution in [0, 0.1) is 6.92 Å². The average Bonchev–Trinajstić information content (AvgIpc) is 2.78. The topological polar surface area (TPSA) is 92.7 Å². The number of ether oxygens (including phenoxy) is 1. The zero-order chi connectivity index (χ0) is 23.6.